The van der Waals surface area contributed by atoms with E-state index in [0.29, 0.717) is 11.8 Å². The number of halogens is 1. The lowest BCUT2D eigenvalue weighted by Crippen LogP contribution is -2.45. The molecule has 0 spiro atoms. The molecule has 0 saturated heterocycles. The summed E-state index contributed by atoms with van der Waals surface area (Å²) in [5.74, 6) is 1.23. The van der Waals surface area contributed by atoms with E-state index in [2.05, 4.69) is 21.2 Å². The van der Waals surface area contributed by atoms with Crippen LogP contribution in [0.2, 0.25) is 0 Å². The number of carbonyl (C=O) groups excluding carboxylic acids is 1. The summed E-state index contributed by atoms with van der Waals surface area (Å²) >= 11 is 3.43. The van der Waals surface area contributed by atoms with Gasteiger partial charge in [0.05, 0.1) is 12.0 Å². The maximum Gasteiger partial charge on any atom is 0.225 e. The van der Waals surface area contributed by atoms with Crippen LogP contribution in [0.15, 0.2) is 28.7 Å². The number of hydrogen-bond donors (Lipinski definition) is 2. The lowest BCUT2D eigenvalue weighted by atomic mass is 9.84. The Morgan fingerprint density at radius 2 is 1.95 bits per heavy atom. The lowest BCUT2D eigenvalue weighted by molar-refractivity contribution is -0.127. The lowest BCUT2D eigenvalue weighted by Gasteiger charge is -2.28. The molecule has 0 heterocycles. The summed E-state index contributed by atoms with van der Waals surface area (Å²) in [6.07, 6.45) is 3.52. The van der Waals surface area contributed by atoms with E-state index in [1.165, 1.54) is 12.8 Å². The highest BCUT2D eigenvalue weighted by Gasteiger charge is 2.49. The topological polar surface area (TPSA) is 55.1 Å². The summed E-state index contributed by atoms with van der Waals surface area (Å²) in [6, 6.07) is 8.17. The number of fused-ring (bicyclic) bond motifs is 2. The molecule has 2 aliphatic rings. The molecule has 1 aromatic carbocycles. The van der Waals surface area contributed by atoms with E-state index in [-0.39, 0.29) is 23.9 Å². The van der Waals surface area contributed by atoms with Crippen molar-refractivity contribution in [2.24, 2.45) is 23.5 Å². The van der Waals surface area contributed by atoms with E-state index < -0.39 is 0 Å². The molecule has 0 aliphatic heterocycles. The summed E-state index contributed by atoms with van der Waals surface area (Å²) in [6.45, 7) is 2.03. The summed E-state index contributed by atoms with van der Waals surface area (Å²) in [7, 11) is 0. The minimum Gasteiger partial charge on any atom is -0.349 e. The molecular weight excluding hydrogens is 316 g/mol. The standard InChI is InChI=1S/C16H21BrN2O/c1-9(10-4-6-13(17)7-5-10)19-16(20)14-11-2-3-12(8-11)15(14)18/h4-7,9,11-12,14-15H,2-3,8,18H2,1H3,(H,19,20)/t9-,11?,12?,14?,15?/m0/s1. The maximum absolute atomic E-state index is 12.5. The molecule has 0 radical (unpaired) electrons. The van der Waals surface area contributed by atoms with Gasteiger partial charge >= 0.3 is 0 Å². The number of hydrogen-bond acceptors (Lipinski definition) is 2. The monoisotopic (exact) mass is 336 g/mol. The van der Waals surface area contributed by atoms with E-state index in [0.717, 1.165) is 16.5 Å². The molecule has 3 rings (SSSR count). The first-order chi connectivity index (χ1) is 9.56. The summed E-state index contributed by atoms with van der Waals surface area (Å²) < 4.78 is 1.05. The smallest absolute Gasteiger partial charge is 0.225 e. The fraction of sp³-hybridized carbons (Fsp3) is 0.562. The molecule has 4 unspecified atom stereocenters. The van der Waals surface area contributed by atoms with Crippen molar-refractivity contribution in [3.05, 3.63) is 34.3 Å². The Morgan fingerprint density at radius 3 is 2.55 bits per heavy atom. The number of nitrogens with one attached hydrogen (secondary N) is 1. The fourth-order valence-corrected chi connectivity index (χ4v) is 4.13. The molecule has 2 saturated carbocycles. The van der Waals surface area contributed by atoms with Gasteiger partial charge in [-0.2, -0.15) is 0 Å². The van der Waals surface area contributed by atoms with Crippen LogP contribution in [0.25, 0.3) is 0 Å². The van der Waals surface area contributed by atoms with Crippen molar-refractivity contribution in [2.45, 2.75) is 38.3 Å². The molecule has 4 heteroatoms. The van der Waals surface area contributed by atoms with Crippen molar-refractivity contribution in [2.75, 3.05) is 0 Å². The number of carbonyl (C=O) groups is 1. The van der Waals surface area contributed by atoms with Gasteiger partial charge in [-0.3, -0.25) is 4.79 Å². The third kappa shape index (κ3) is 2.51. The predicted molar refractivity (Wildman–Crippen MR) is 83.0 cm³/mol. The first-order valence-corrected chi connectivity index (χ1v) is 8.17. The van der Waals surface area contributed by atoms with Gasteiger partial charge in [0.15, 0.2) is 0 Å². The van der Waals surface area contributed by atoms with Gasteiger partial charge in [0.25, 0.3) is 0 Å². The zero-order valence-corrected chi connectivity index (χ0v) is 13.3. The largest absolute Gasteiger partial charge is 0.349 e. The van der Waals surface area contributed by atoms with Crippen LogP contribution < -0.4 is 11.1 Å². The van der Waals surface area contributed by atoms with Gasteiger partial charge in [0.2, 0.25) is 5.91 Å². The summed E-state index contributed by atoms with van der Waals surface area (Å²) in [5, 5.41) is 3.14. The zero-order chi connectivity index (χ0) is 14.3. The zero-order valence-electron chi connectivity index (χ0n) is 11.7. The van der Waals surface area contributed by atoms with Crippen molar-refractivity contribution in [3.63, 3.8) is 0 Å². The van der Waals surface area contributed by atoms with Crippen LogP contribution in [-0.4, -0.2) is 11.9 Å². The van der Waals surface area contributed by atoms with Crippen LogP contribution in [0, 0.1) is 17.8 Å². The number of nitrogens with two attached hydrogens (primary N) is 1. The summed E-state index contributed by atoms with van der Waals surface area (Å²) in [4.78, 5) is 12.5. The highest BCUT2D eigenvalue weighted by atomic mass is 79.9. The van der Waals surface area contributed by atoms with Crippen molar-refractivity contribution in [1.82, 2.24) is 5.32 Å². The predicted octanol–water partition coefficient (Wildman–Crippen LogP) is 3.00. The van der Waals surface area contributed by atoms with Crippen molar-refractivity contribution in [1.29, 1.82) is 0 Å². The van der Waals surface area contributed by atoms with Crippen molar-refractivity contribution in [3.8, 4) is 0 Å². The molecule has 3 N–H and O–H groups in total. The molecule has 20 heavy (non-hydrogen) atoms. The SMILES string of the molecule is C[C@H](NC(=O)C1C2CCC(C2)C1N)c1ccc(Br)cc1. The van der Waals surface area contributed by atoms with E-state index >= 15 is 0 Å². The molecular formula is C16H21BrN2O. The van der Waals surface area contributed by atoms with Gasteiger partial charge in [-0.25, -0.2) is 0 Å². The maximum atomic E-state index is 12.5. The fourth-order valence-electron chi connectivity index (χ4n) is 3.87. The van der Waals surface area contributed by atoms with Crippen LogP contribution in [0.3, 0.4) is 0 Å². The Morgan fingerprint density at radius 1 is 1.30 bits per heavy atom. The van der Waals surface area contributed by atoms with Crippen LogP contribution >= 0.6 is 15.9 Å². The van der Waals surface area contributed by atoms with E-state index in [1.807, 2.05) is 31.2 Å². The van der Waals surface area contributed by atoms with Crippen LogP contribution in [0.1, 0.15) is 37.8 Å². The van der Waals surface area contributed by atoms with Crippen LogP contribution in [0.4, 0.5) is 0 Å². The molecule has 0 aromatic heterocycles. The second-order valence-corrected chi connectivity index (χ2v) is 7.13. The highest BCUT2D eigenvalue weighted by molar-refractivity contribution is 9.10. The minimum absolute atomic E-state index is 0.0200. The first-order valence-electron chi connectivity index (χ1n) is 7.37. The molecule has 1 aromatic rings. The molecule has 3 nitrogen and oxygen atoms in total. The molecule has 2 bridgehead atoms. The van der Waals surface area contributed by atoms with Gasteiger partial charge in [-0.15, -0.1) is 0 Å². The van der Waals surface area contributed by atoms with Gasteiger partial charge in [-0.05, 0) is 55.7 Å². The van der Waals surface area contributed by atoms with Gasteiger partial charge < -0.3 is 11.1 Å². The van der Waals surface area contributed by atoms with Crippen molar-refractivity contribution < 1.29 is 4.79 Å². The third-order valence-corrected chi connectivity index (χ3v) is 5.54. The molecule has 2 fully saturated rings. The molecule has 108 valence electrons. The quantitative estimate of drug-likeness (QED) is 0.891. The van der Waals surface area contributed by atoms with E-state index in [9.17, 15) is 4.79 Å². The second-order valence-electron chi connectivity index (χ2n) is 6.22. The van der Waals surface area contributed by atoms with Gasteiger partial charge in [-0.1, -0.05) is 28.1 Å². The number of rotatable bonds is 3. The molecule has 2 aliphatic carbocycles. The average Bonchev–Trinajstić information content (AvgIpc) is 2.99. The number of amides is 1. The number of benzene rings is 1. The second kappa shape index (κ2) is 5.49. The Labute approximate surface area is 128 Å². The average molecular weight is 337 g/mol. The summed E-state index contributed by atoms with van der Waals surface area (Å²) in [5.41, 5.74) is 7.36. The Bertz CT molecular complexity index is 500. The molecule has 1 amide bonds. The Kier molecular flexibility index (Phi) is 3.87. The van der Waals surface area contributed by atoms with Gasteiger partial charge in [0.1, 0.15) is 0 Å². The molecule has 5 atom stereocenters. The minimum atomic E-state index is 0.0200. The first kappa shape index (κ1) is 14.1. The van der Waals surface area contributed by atoms with Crippen molar-refractivity contribution >= 4 is 21.8 Å². The third-order valence-electron chi connectivity index (χ3n) is 5.01. The van der Waals surface area contributed by atoms with E-state index in [4.69, 9.17) is 5.73 Å². The van der Waals surface area contributed by atoms with Crippen LogP contribution in [-0.2, 0) is 4.79 Å². The van der Waals surface area contributed by atoms with E-state index in [1.54, 1.807) is 0 Å². The van der Waals surface area contributed by atoms with Crippen LogP contribution in [0.5, 0.6) is 0 Å². The highest BCUT2D eigenvalue weighted by Crippen LogP contribution is 2.47. The Hall–Kier alpha value is -0.870. The normalized spacial score (nSPS) is 33.1. The Balaban J connectivity index is 1.65. The van der Waals surface area contributed by atoms with Gasteiger partial charge in [0, 0.05) is 10.5 Å².